The monoisotopic (exact) mass is 400 g/mol. The van der Waals surface area contributed by atoms with Crippen LogP contribution in [-0.2, 0) is 9.53 Å². The lowest BCUT2D eigenvalue weighted by Crippen LogP contribution is -2.57. The zero-order valence-electron chi connectivity index (χ0n) is 18.4. The van der Waals surface area contributed by atoms with Gasteiger partial charge in [0.15, 0.2) is 0 Å². The van der Waals surface area contributed by atoms with Gasteiger partial charge in [0.25, 0.3) is 0 Å². The van der Waals surface area contributed by atoms with Crippen molar-refractivity contribution in [2.45, 2.75) is 103 Å². The number of esters is 1. The summed E-state index contributed by atoms with van der Waals surface area (Å²) in [4.78, 5) is 12.7. The molecule has 0 aliphatic heterocycles. The van der Waals surface area contributed by atoms with E-state index in [4.69, 9.17) is 4.74 Å². The highest BCUT2D eigenvalue weighted by Crippen LogP contribution is 2.64. The summed E-state index contributed by atoms with van der Waals surface area (Å²) in [5.41, 5.74) is -0.229. The summed E-state index contributed by atoms with van der Waals surface area (Å²) >= 11 is 0. The van der Waals surface area contributed by atoms with E-state index in [0.717, 1.165) is 48.3 Å². The number of allylic oxidation sites excluding steroid dienone is 2. The lowest BCUT2D eigenvalue weighted by molar-refractivity contribution is -0.200. The molecule has 5 fully saturated rings. The fraction of sp³-hybridized carbons (Fsp3) is 0.885. The first-order valence-corrected chi connectivity index (χ1v) is 12.4. The Hall–Kier alpha value is -0.830. The lowest BCUT2D eigenvalue weighted by atomic mass is 9.46. The van der Waals surface area contributed by atoms with E-state index in [1.807, 2.05) is 0 Å². The van der Waals surface area contributed by atoms with Crippen molar-refractivity contribution in [2.24, 2.45) is 40.9 Å². The zero-order chi connectivity index (χ0) is 20.2. The maximum absolute atomic E-state index is 12.7. The van der Waals surface area contributed by atoms with Gasteiger partial charge in [0.05, 0.1) is 12.5 Å². The molecule has 162 valence electrons. The van der Waals surface area contributed by atoms with Gasteiger partial charge in [-0.1, -0.05) is 18.6 Å². The van der Waals surface area contributed by atoms with Gasteiger partial charge in [0.2, 0.25) is 0 Å². The predicted octanol–water partition coefficient (Wildman–Crippen LogP) is 5.66. The first kappa shape index (κ1) is 20.1. The van der Waals surface area contributed by atoms with Gasteiger partial charge in [-0.3, -0.25) is 4.79 Å². The van der Waals surface area contributed by atoms with E-state index in [2.05, 4.69) is 26.0 Å². The van der Waals surface area contributed by atoms with Crippen molar-refractivity contribution in [2.75, 3.05) is 0 Å². The molecule has 0 heterocycles. The van der Waals surface area contributed by atoms with Crippen LogP contribution in [-0.4, -0.2) is 22.8 Å². The molecule has 3 nitrogen and oxygen atoms in total. The van der Waals surface area contributed by atoms with Crippen molar-refractivity contribution in [3.8, 4) is 0 Å². The molecule has 0 amide bonds. The summed E-state index contributed by atoms with van der Waals surface area (Å²) in [7, 11) is 0. The number of hydrogen-bond donors (Lipinski definition) is 1. The van der Waals surface area contributed by atoms with Gasteiger partial charge in [-0.2, -0.15) is 0 Å². The minimum absolute atomic E-state index is 0.159. The molecule has 0 aromatic rings. The summed E-state index contributed by atoms with van der Waals surface area (Å²) in [5.74, 6) is 4.77. The Bertz CT molecular complexity index is 628. The van der Waals surface area contributed by atoms with E-state index in [9.17, 15) is 9.90 Å². The van der Waals surface area contributed by atoms with E-state index in [0.29, 0.717) is 0 Å². The topological polar surface area (TPSA) is 46.5 Å². The molecule has 1 N–H and O–H groups in total. The lowest BCUT2D eigenvalue weighted by Gasteiger charge is -2.61. The average molecular weight is 401 g/mol. The third kappa shape index (κ3) is 3.82. The van der Waals surface area contributed by atoms with E-state index < -0.39 is 11.7 Å². The Morgan fingerprint density at radius 1 is 1.07 bits per heavy atom. The minimum Gasteiger partial charge on any atom is -0.459 e. The highest BCUT2D eigenvalue weighted by Gasteiger charge is 2.58. The van der Waals surface area contributed by atoms with Crippen LogP contribution < -0.4 is 0 Å². The van der Waals surface area contributed by atoms with Crippen LogP contribution in [0.15, 0.2) is 12.2 Å². The molecule has 29 heavy (non-hydrogen) atoms. The van der Waals surface area contributed by atoms with Crippen LogP contribution in [0.5, 0.6) is 0 Å². The SMILES string of the molecule is CC(C)(OC(=O)CC(O)CCCC1CC2C=CC1C2)C12CC3CC(CC(C3)C1)C2. The number of ether oxygens (including phenoxy) is 1. The summed E-state index contributed by atoms with van der Waals surface area (Å²) < 4.78 is 6.11. The second-order valence-electron chi connectivity index (χ2n) is 12.0. The fourth-order valence-corrected chi connectivity index (χ4v) is 8.42. The average Bonchev–Trinajstić information content (AvgIpc) is 3.23. The molecule has 5 saturated carbocycles. The number of hydrogen-bond acceptors (Lipinski definition) is 3. The van der Waals surface area contributed by atoms with Gasteiger partial charge in [-0.15, -0.1) is 0 Å². The third-order valence-electron chi connectivity index (χ3n) is 9.62. The van der Waals surface area contributed by atoms with Crippen LogP contribution in [0.2, 0.25) is 0 Å². The molecule has 0 saturated heterocycles. The van der Waals surface area contributed by atoms with Gasteiger partial charge in [-0.25, -0.2) is 0 Å². The molecule has 6 bridgehead atoms. The molecule has 4 unspecified atom stereocenters. The summed E-state index contributed by atoms with van der Waals surface area (Å²) in [6.45, 7) is 4.29. The predicted molar refractivity (Wildman–Crippen MR) is 114 cm³/mol. The van der Waals surface area contributed by atoms with Crippen LogP contribution >= 0.6 is 0 Å². The molecule has 4 atom stereocenters. The quantitative estimate of drug-likeness (QED) is 0.422. The number of aliphatic hydroxyl groups excluding tert-OH is 1. The van der Waals surface area contributed by atoms with Crippen LogP contribution in [0.1, 0.15) is 90.9 Å². The molecular formula is C26H40O3. The number of aliphatic hydroxyl groups is 1. The Balaban J connectivity index is 1.09. The van der Waals surface area contributed by atoms with Gasteiger partial charge in [0.1, 0.15) is 5.60 Å². The van der Waals surface area contributed by atoms with E-state index in [1.165, 1.54) is 57.8 Å². The van der Waals surface area contributed by atoms with Crippen molar-refractivity contribution < 1.29 is 14.6 Å². The Kier molecular flexibility index (Phi) is 5.12. The Morgan fingerprint density at radius 3 is 2.28 bits per heavy atom. The molecular weight excluding hydrogens is 360 g/mol. The third-order valence-corrected chi connectivity index (χ3v) is 9.62. The molecule has 6 rings (SSSR count). The molecule has 0 aromatic carbocycles. The maximum atomic E-state index is 12.7. The molecule has 0 spiro atoms. The normalized spacial score (nSPS) is 43.1. The number of rotatable bonds is 8. The second-order valence-corrected chi connectivity index (χ2v) is 12.0. The number of carbonyl (C=O) groups excluding carboxylic acids is 1. The smallest absolute Gasteiger partial charge is 0.308 e. The molecule has 0 aromatic heterocycles. The van der Waals surface area contributed by atoms with E-state index >= 15 is 0 Å². The second kappa shape index (κ2) is 7.39. The van der Waals surface area contributed by atoms with Gasteiger partial charge >= 0.3 is 5.97 Å². The highest BCUT2D eigenvalue weighted by molar-refractivity contribution is 5.70. The van der Waals surface area contributed by atoms with E-state index in [1.54, 1.807) is 0 Å². The zero-order valence-corrected chi connectivity index (χ0v) is 18.4. The maximum Gasteiger partial charge on any atom is 0.308 e. The standard InChI is InChI=1S/C26H40O3/c1-25(2,26-14-18-8-19(15-26)10-20(9-18)16-26)29-24(28)13-23(27)5-3-4-21-11-17-6-7-22(21)12-17/h6-7,17-23,27H,3-5,8-16H2,1-2H3. The van der Waals surface area contributed by atoms with Gasteiger partial charge in [0, 0.05) is 5.41 Å². The van der Waals surface area contributed by atoms with E-state index in [-0.39, 0.29) is 17.8 Å². The largest absolute Gasteiger partial charge is 0.459 e. The van der Waals surface area contributed by atoms with Crippen LogP contribution in [0.25, 0.3) is 0 Å². The van der Waals surface area contributed by atoms with Crippen LogP contribution in [0.3, 0.4) is 0 Å². The molecule has 6 aliphatic carbocycles. The van der Waals surface area contributed by atoms with Gasteiger partial charge in [-0.05, 0) is 114 Å². The number of fused-ring (bicyclic) bond motifs is 2. The van der Waals surface area contributed by atoms with Crippen molar-refractivity contribution >= 4 is 5.97 Å². The number of carbonyl (C=O) groups is 1. The van der Waals surface area contributed by atoms with Crippen LogP contribution in [0, 0.1) is 40.9 Å². The first-order valence-electron chi connectivity index (χ1n) is 12.4. The molecule has 0 radical (unpaired) electrons. The summed E-state index contributed by atoms with van der Waals surface area (Å²) in [5, 5.41) is 10.4. The van der Waals surface area contributed by atoms with Crippen molar-refractivity contribution in [3.63, 3.8) is 0 Å². The molecule has 6 aliphatic rings. The Labute approximate surface area is 176 Å². The van der Waals surface area contributed by atoms with Crippen molar-refractivity contribution in [3.05, 3.63) is 12.2 Å². The summed E-state index contributed by atoms with van der Waals surface area (Å²) in [6.07, 6.45) is 17.9. The van der Waals surface area contributed by atoms with Gasteiger partial charge < -0.3 is 9.84 Å². The first-order chi connectivity index (χ1) is 13.8. The highest BCUT2D eigenvalue weighted by atomic mass is 16.6. The Morgan fingerprint density at radius 2 is 1.72 bits per heavy atom. The fourth-order valence-electron chi connectivity index (χ4n) is 8.42. The van der Waals surface area contributed by atoms with Crippen molar-refractivity contribution in [1.82, 2.24) is 0 Å². The van der Waals surface area contributed by atoms with Crippen molar-refractivity contribution in [1.29, 1.82) is 0 Å². The van der Waals surface area contributed by atoms with Crippen LogP contribution in [0.4, 0.5) is 0 Å². The molecule has 3 heteroatoms. The minimum atomic E-state index is -0.552. The summed E-state index contributed by atoms with van der Waals surface area (Å²) in [6, 6.07) is 0.